The molecule has 2 aromatic carbocycles. The molecule has 2 heterocycles. The minimum Gasteiger partial charge on any atom is -0.339 e. The number of thiazole rings is 1. The average molecular weight is 539 g/mol. The van der Waals surface area contributed by atoms with E-state index in [1.807, 2.05) is 72.8 Å². The number of amides is 1. The van der Waals surface area contributed by atoms with E-state index in [2.05, 4.69) is 14.6 Å². The van der Waals surface area contributed by atoms with E-state index in [-0.39, 0.29) is 5.91 Å². The van der Waals surface area contributed by atoms with E-state index >= 15 is 0 Å². The predicted octanol–water partition coefficient (Wildman–Crippen LogP) is 5.09. The Morgan fingerprint density at radius 2 is 1.70 bits per heavy atom. The molecule has 1 aromatic heterocycles. The Hall–Kier alpha value is -3.01. The fourth-order valence-corrected chi connectivity index (χ4v) is 5.97. The zero-order valence-corrected chi connectivity index (χ0v) is 23.2. The lowest BCUT2D eigenvalue weighted by molar-refractivity contribution is 0.0773. The van der Waals surface area contributed by atoms with Crippen LogP contribution in [0.4, 0.5) is 5.69 Å². The van der Waals surface area contributed by atoms with Gasteiger partial charge in [0, 0.05) is 49.0 Å². The second-order valence-corrected chi connectivity index (χ2v) is 11.9. The summed E-state index contributed by atoms with van der Waals surface area (Å²) in [6.45, 7) is 8.02. The van der Waals surface area contributed by atoms with Crippen LogP contribution in [-0.4, -0.2) is 61.5 Å². The first kappa shape index (κ1) is 27.0. The van der Waals surface area contributed by atoms with Gasteiger partial charge in [-0.3, -0.25) is 14.4 Å². The zero-order chi connectivity index (χ0) is 26.4. The number of hydrogen-bond donors (Lipinski definition) is 1. The maximum absolute atomic E-state index is 12.8. The van der Waals surface area contributed by atoms with Crippen molar-refractivity contribution in [3.63, 3.8) is 0 Å². The molecule has 0 bridgehead atoms. The van der Waals surface area contributed by atoms with Crippen LogP contribution in [0.3, 0.4) is 0 Å². The Labute approximate surface area is 223 Å². The molecule has 1 aliphatic heterocycles. The highest BCUT2D eigenvalue weighted by molar-refractivity contribution is 7.92. The molecule has 1 saturated heterocycles. The molecule has 1 N–H and O–H groups in total. The molecule has 0 aliphatic carbocycles. The molecule has 0 unspecified atom stereocenters. The highest BCUT2D eigenvalue weighted by atomic mass is 32.2. The molecule has 0 saturated carbocycles. The highest BCUT2D eigenvalue weighted by Crippen LogP contribution is 2.34. The van der Waals surface area contributed by atoms with Gasteiger partial charge >= 0.3 is 0 Å². The van der Waals surface area contributed by atoms with Gasteiger partial charge in [-0.1, -0.05) is 29.8 Å². The van der Waals surface area contributed by atoms with E-state index in [4.69, 9.17) is 0 Å². The van der Waals surface area contributed by atoms with Gasteiger partial charge in [0.15, 0.2) is 0 Å². The molecule has 3 aromatic rings. The third kappa shape index (κ3) is 7.06. The molecule has 0 atom stereocenters. The standard InChI is InChI=1S/C28H34N4O3S2/c1-4-32(5-2)28(33)23-11-9-21(10-12-23)27(24-7-6-8-25(19-24)30-37(3,34)35)22-13-16-31(17-14-22)20-26-29-15-18-36-26/h6-12,15,18-19,30H,4-5,13-14,16-17,20H2,1-3H3. The number of carbonyl (C=O) groups excluding carboxylic acids is 1. The van der Waals surface area contributed by atoms with E-state index in [1.54, 1.807) is 17.4 Å². The van der Waals surface area contributed by atoms with Gasteiger partial charge in [-0.05, 0) is 67.7 Å². The Morgan fingerprint density at radius 1 is 1.03 bits per heavy atom. The molecule has 1 fully saturated rings. The minimum atomic E-state index is -3.39. The van der Waals surface area contributed by atoms with Gasteiger partial charge in [-0.15, -0.1) is 11.3 Å². The summed E-state index contributed by atoms with van der Waals surface area (Å²) in [7, 11) is -3.39. The van der Waals surface area contributed by atoms with Crippen LogP contribution in [0.5, 0.6) is 0 Å². The third-order valence-corrected chi connectivity index (χ3v) is 7.95. The summed E-state index contributed by atoms with van der Waals surface area (Å²) in [4.78, 5) is 21.5. The fourth-order valence-electron chi connectivity index (χ4n) is 4.75. The molecule has 196 valence electrons. The van der Waals surface area contributed by atoms with E-state index in [9.17, 15) is 13.2 Å². The maximum Gasteiger partial charge on any atom is 0.253 e. The summed E-state index contributed by atoms with van der Waals surface area (Å²) in [6, 6.07) is 15.4. The van der Waals surface area contributed by atoms with Gasteiger partial charge in [-0.25, -0.2) is 13.4 Å². The molecule has 7 nitrogen and oxygen atoms in total. The lowest BCUT2D eigenvalue weighted by atomic mass is 9.88. The number of piperidine rings is 1. The zero-order valence-electron chi connectivity index (χ0n) is 21.6. The highest BCUT2D eigenvalue weighted by Gasteiger charge is 2.21. The van der Waals surface area contributed by atoms with Crippen molar-refractivity contribution in [2.45, 2.75) is 33.2 Å². The van der Waals surface area contributed by atoms with E-state index in [1.165, 1.54) is 5.57 Å². The lowest BCUT2D eigenvalue weighted by Crippen LogP contribution is -2.30. The van der Waals surface area contributed by atoms with Crippen molar-refractivity contribution >= 4 is 38.5 Å². The van der Waals surface area contributed by atoms with Gasteiger partial charge < -0.3 is 4.90 Å². The Kier molecular flexibility index (Phi) is 8.79. The topological polar surface area (TPSA) is 82.6 Å². The number of anilines is 1. The maximum atomic E-state index is 12.8. The van der Waals surface area contributed by atoms with Crippen molar-refractivity contribution in [2.75, 3.05) is 37.2 Å². The number of carbonyl (C=O) groups is 1. The van der Waals surface area contributed by atoms with Gasteiger partial charge in [0.1, 0.15) is 5.01 Å². The van der Waals surface area contributed by atoms with Gasteiger partial charge in [0.25, 0.3) is 5.91 Å². The number of likely N-dealkylation sites (tertiary alicyclic amines) is 1. The van der Waals surface area contributed by atoms with Crippen molar-refractivity contribution in [2.24, 2.45) is 0 Å². The van der Waals surface area contributed by atoms with Gasteiger partial charge in [0.05, 0.1) is 12.8 Å². The smallest absolute Gasteiger partial charge is 0.253 e. The summed E-state index contributed by atoms with van der Waals surface area (Å²) in [5, 5.41) is 3.13. The minimum absolute atomic E-state index is 0.0283. The average Bonchev–Trinajstić information content (AvgIpc) is 3.39. The van der Waals surface area contributed by atoms with E-state index < -0.39 is 10.0 Å². The Balaban J connectivity index is 1.67. The number of rotatable bonds is 9. The summed E-state index contributed by atoms with van der Waals surface area (Å²) in [5.74, 6) is 0.0283. The van der Waals surface area contributed by atoms with Crippen LogP contribution < -0.4 is 4.72 Å². The number of aromatic nitrogens is 1. The van der Waals surface area contributed by atoms with Crippen LogP contribution >= 0.6 is 11.3 Å². The van der Waals surface area contributed by atoms with Crippen molar-refractivity contribution in [1.29, 1.82) is 0 Å². The normalized spacial score (nSPS) is 14.4. The second kappa shape index (κ2) is 12.0. The van der Waals surface area contributed by atoms with Crippen LogP contribution in [0, 0.1) is 0 Å². The van der Waals surface area contributed by atoms with Gasteiger partial charge in [-0.2, -0.15) is 0 Å². The van der Waals surface area contributed by atoms with Crippen molar-refractivity contribution in [3.05, 3.63) is 87.4 Å². The summed E-state index contributed by atoms with van der Waals surface area (Å²) < 4.78 is 26.3. The summed E-state index contributed by atoms with van der Waals surface area (Å²) >= 11 is 1.68. The van der Waals surface area contributed by atoms with Crippen LogP contribution in [-0.2, 0) is 16.6 Å². The first-order valence-electron chi connectivity index (χ1n) is 12.6. The van der Waals surface area contributed by atoms with Crippen LogP contribution in [0.1, 0.15) is 53.2 Å². The SMILES string of the molecule is CCN(CC)C(=O)c1ccc(C(=C2CCN(Cc3nccs3)CC2)c2cccc(NS(C)(=O)=O)c2)cc1. The Bertz CT molecular complexity index is 1340. The molecular formula is C28H34N4O3S2. The number of nitrogens with one attached hydrogen (secondary N) is 1. The molecule has 4 rings (SSSR count). The van der Waals surface area contributed by atoms with E-state index in [0.29, 0.717) is 24.3 Å². The van der Waals surface area contributed by atoms with Crippen LogP contribution in [0.25, 0.3) is 5.57 Å². The summed E-state index contributed by atoms with van der Waals surface area (Å²) in [5.41, 5.74) is 5.62. The molecular weight excluding hydrogens is 504 g/mol. The molecule has 37 heavy (non-hydrogen) atoms. The predicted molar refractivity (Wildman–Crippen MR) is 151 cm³/mol. The molecule has 0 spiro atoms. The number of benzene rings is 2. The second-order valence-electron chi connectivity index (χ2n) is 9.19. The van der Waals surface area contributed by atoms with Crippen molar-refractivity contribution < 1.29 is 13.2 Å². The first-order chi connectivity index (χ1) is 17.8. The largest absolute Gasteiger partial charge is 0.339 e. The van der Waals surface area contributed by atoms with Gasteiger partial charge in [0.2, 0.25) is 10.0 Å². The molecule has 1 amide bonds. The molecule has 1 aliphatic rings. The fraction of sp³-hybridized carbons (Fsp3) is 0.357. The molecule has 0 radical (unpaired) electrons. The van der Waals surface area contributed by atoms with Crippen LogP contribution in [0.15, 0.2) is 65.7 Å². The number of nitrogens with zero attached hydrogens (tertiary/aromatic N) is 3. The van der Waals surface area contributed by atoms with E-state index in [0.717, 1.165) is 60.4 Å². The number of hydrogen-bond acceptors (Lipinski definition) is 6. The quantitative estimate of drug-likeness (QED) is 0.410. The van der Waals surface area contributed by atoms with Crippen molar-refractivity contribution in [3.8, 4) is 0 Å². The third-order valence-electron chi connectivity index (χ3n) is 6.58. The summed E-state index contributed by atoms with van der Waals surface area (Å²) in [6.07, 6.45) is 4.82. The van der Waals surface area contributed by atoms with Crippen molar-refractivity contribution in [1.82, 2.24) is 14.8 Å². The first-order valence-corrected chi connectivity index (χ1v) is 15.3. The van der Waals surface area contributed by atoms with Crippen LogP contribution in [0.2, 0.25) is 0 Å². The number of sulfonamides is 1. The molecule has 9 heteroatoms. The monoisotopic (exact) mass is 538 g/mol. The lowest BCUT2D eigenvalue weighted by Gasteiger charge is -2.29. The Morgan fingerprint density at radius 3 is 2.30 bits per heavy atom.